The van der Waals surface area contributed by atoms with Crippen LogP contribution in [-0.4, -0.2) is 18.1 Å². The van der Waals surface area contributed by atoms with Crippen molar-refractivity contribution in [3.05, 3.63) is 80.8 Å². The van der Waals surface area contributed by atoms with E-state index in [1.165, 1.54) is 18.6 Å². The molecule has 0 amide bonds. The first-order chi connectivity index (χ1) is 14.2. The molecule has 1 aromatic heterocycles. The SMILES string of the molecule is COC(=O)c1csc(Cc2cc(C(F)(F)F)ccc2OCc2ccc(F)cc2F)n1. The van der Waals surface area contributed by atoms with Gasteiger partial charge in [-0.05, 0) is 30.3 Å². The topological polar surface area (TPSA) is 48.4 Å². The number of alkyl halides is 3. The molecule has 0 radical (unpaired) electrons. The van der Waals surface area contributed by atoms with Gasteiger partial charge in [-0.15, -0.1) is 11.3 Å². The van der Waals surface area contributed by atoms with Crippen LogP contribution in [0, 0.1) is 11.6 Å². The van der Waals surface area contributed by atoms with E-state index in [0.29, 0.717) is 11.1 Å². The van der Waals surface area contributed by atoms with E-state index in [2.05, 4.69) is 9.72 Å². The van der Waals surface area contributed by atoms with Crippen LogP contribution in [0.15, 0.2) is 41.8 Å². The Kier molecular flexibility index (Phi) is 6.35. The smallest absolute Gasteiger partial charge is 0.416 e. The number of benzene rings is 2. The van der Waals surface area contributed by atoms with Crippen LogP contribution >= 0.6 is 11.3 Å². The molecule has 1 heterocycles. The Labute approximate surface area is 171 Å². The Morgan fingerprint density at radius 3 is 2.53 bits per heavy atom. The third-order valence-electron chi connectivity index (χ3n) is 4.07. The number of hydrogen-bond acceptors (Lipinski definition) is 5. The van der Waals surface area contributed by atoms with E-state index >= 15 is 0 Å². The maximum atomic E-state index is 13.8. The van der Waals surface area contributed by atoms with Gasteiger partial charge in [0.1, 0.15) is 24.0 Å². The number of aromatic nitrogens is 1. The number of thiazole rings is 1. The van der Waals surface area contributed by atoms with Crippen LogP contribution in [0.1, 0.15) is 32.2 Å². The fourth-order valence-corrected chi connectivity index (χ4v) is 3.37. The summed E-state index contributed by atoms with van der Waals surface area (Å²) in [7, 11) is 1.19. The van der Waals surface area contributed by atoms with Crippen LogP contribution in [0.25, 0.3) is 0 Å². The van der Waals surface area contributed by atoms with E-state index in [4.69, 9.17) is 4.74 Å². The van der Waals surface area contributed by atoms with Gasteiger partial charge in [0.2, 0.25) is 0 Å². The van der Waals surface area contributed by atoms with Crippen molar-refractivity contribution >= 4 is 17.3 Å². The van der Waals surface area contributed by atoms with Gasteiger partial charge in [-0.3, -0.25) is 0 Å². The molecular weight excluding hydrogens is 429 g/mol. The second kappa shape index (κ2) is 8.78. The van der Waals surface area contributed by atoms with Gasteiger partial charge < -0.3 is 9.47 Å². The minimum absolute atomic E-state index is 0.0420. The van der Waals surface area contributed by atoms with Gasteiger partial charge in [0, 0.05) is 29.0 Å². The Hall–Kier alpha value is -3.01. The van der Waals surface area contributed by atoms with E-state index in [-0.39, 0.29) is 35.6 Å². The minimum Gasteiger partial charge on any atom is -0.489 e. The molecule has 0 fully saturated rings. The van der Waals surface area contributed by atoms with Crippen molar-refractivity contribution in [3.8, 4) is 5.75 Å². The first-order valence-electron chi connectivity index (χ1n) is 8.47. The van der Waals surface area contributed by atoms with Gasteiger partial charge >= 0.3 is 12.1 Å². The zero-order valence-corrected chi connectivity index (χ0v) is 16.2. The van der Waals surface area contributed by atoms with Crippen molar-refractivity contribution in [2.45, 2.75) is 19.2 Å². The summed E-state index contributed by atoms with van der Waals surface area (Å²) in [5.74, 6) is -2.16. The average molecular weight is 443 g/mol. The number of rotatable bonds is 6. The van der Waals surface area contributed by atoms with Crippen LogP contribution in [0.3, 0.4) is 0 Å². The van der Waals surface area contributed by atoms with Crippen molar-refractivity contribution in [2.24, 2.45) is 0 Å². The standard InChI is InChI=1S/C20H14F5NO3S/c1-28-19(27)16-10-30-18(26-16)7-12-6-13(20(23,24)25)3-5-17(12)29-9-11-2-4-14(21)8-15(11)22/h2-6,8,10H,7,9H2,1H3. The fourth-order valence-electron chi connectivity index (χ4n) is 2.58. The molecule has 0 aliphatic rings. The van der Waals surface area contributed by atoms with E-state index in [1.807, 2.05) is 0 Å². The lowest BCUT2D eigenvalue weighted by Crippen LogP contribution is -2.08. The highest BCUT2D eigenvalue weighted by molar-refractivity contribution is 7.09. The van der Waals surface area contributed by atoms with Crippen molar-refractivity contribution in [1.29, 1.82) is 0 Å². The number of carbonyl (C=O) groups is 1. The number of ether oxygens (including phenoxy) is 2. The Morgan fingerprint density at radius 2 is 1.87 bits per heavy atom. The van der Waals surface area contributed by atoms with Gasteiger partial charge in [0.15, 0.2) is 5.69 Å². The zero-order valence-electron chi connectivity index (χ0n) is 15.4. The highest BCUT2D eigenvalue weighted by atomic mass is 32.1. The molecule has 4 nitrogen and oxygen atoms in total. The Morgan fingerprint density at radius 1 is 1.10 bits per heavy atom. The van der Waals surface area contributed by atoms with Gasteiger partial charge in [-0.25, -0.2) is 18.6 Å². The number of halogens is 5. The molecule has 30 heavy (non-hydrogen) atoms. The fraction of sp³-hybridized carbons (Fsp3) is 0.200. The molecule has 3 aromatic rings. The molecule has 0 spiro atoms. The van der Waals surface area contributed by atoms with Gasteiger partial charge in [0.25, 0.3) is 0 Å². The number of hydrogen-bond donors (Lipinski definition) is 0. The summed E-state index contributed by atoms with van der Waals surface area (Å²) in [5.41, 5.74) is -0.648. The number of carbonyl (C=O) groups excluding carboxylic acids is 1. The number of methoxy groups -OCH3 is 1. The van der Waals surface area contributed by atoms with Crippen LogP contribution in [0.2, 0.25) is 0 Å². The van der Waals surface area contributed by atoms with Crippen molar-refractivity contribution in [1.82, 2.24) is 4.98 Å². The van der Waals surface area contributed by atoms with Gasteiger partial charge in [0.05, 0.1) is 17.7 Å². The lowest BCUT2D eigenvalue weighted by atomic mass is 10.1. The van der Waals surface area contributed by atoms with Crippen LogP contribution < -0.4 is 4.74 Å². The third-order valence-corrected chi connectivity index (χ3v) is 4.92. The maximum absolute atomic E-state index is 13.8. The minimum atomic E-state index is -4.57. The highest BCUT2D eigenvalue weighted by Crippen LogP contribution is 2.34. The lowest BCUT2D eigenvalue weighted by molar-refractivity contribution is -0.137. The van der Waals surface area contributed by atoms with E-state index in [0.717, 1.165) is 35.6 Å². The van der Waals surface area contributed by atoms with E-state index < -0.39 is 29.3 Å². The zero-order chi connectivity index (χ0) is 21.9. The Bertz CT molecular complexity index is 1060. The first kappa shape index (κ1) is 21.7. The van der Waals surface area contributed by atoms with Gasteiger partial charge in [-0.1, -0.05) is 0 Å². The predicted molar refractivity (Wildman–Crippen MR) is 98.4 cm³/mol. The number of esters is 1. The molecule has 0 aliphatic carbocycles. The normalized spacial score (nSPS) is 11.4. The first-order valence-corrected chi connectivity index (χ1v) is 9.35. The molecule has 158 valence electrons. The highest BCUT2D eigenvalue weighted by Gasteiger charge is 2.31. The van der Waals surface area contributed by atoms with Gasteiger partial charge in [-0.2, -0.15) is 13.2 Å². The monoisotopic (exact) mass is 443 g/mol. The maximum Gasteiger partial charge on any atom is 0.416 e. The second-order valence-electron chi connectivity index (χ2n) is 6.14. The van der Waals surface area contributed by atoms with Crippen LogP contribution in [0.5, 0.6) is 5.75 Å². The molecule has 0 N–H and O–H groups in total. The summed E-state index contributed by atoms with van der Waals surface area (Å²) < 4.78 is 76.3. The summed E-state index contributed by atoms with van der Waals surface area (Å²) in [5, 5.41) is 1.80. The molecule has 0 saturated heterocycles. The van der Waals surface area contributed by atoms with Crippen molar-refractivity contribution in [2.75, 3.05) is 7.11 Å². The summed E-state index contributed by atoms with van der Waals surface area (Å²) in [6, 6.07) is 5.83. The molecule has 3 rings (SSSR count). The van der Waals surface area contributed by atoms with Crippen LogP contribution in [-0.2, 0) is 23.9 Å². The summed E-state index contributed by atoms with van der Waals surface area (Å²) in [6.45, 7) is -0.310. The van der Waals surface area contributed by atoms with Crippen LogP contribution in [0.4, 0.5) is 22.0 Å². The third kappa shape index (κ3) is 5.12. The summed E-state index contributed by atoms with van der Waals surface area (Å²) in [6.07, 6.45) is -4.62. The summed E-state index contributed by atoms with van der Waals surface area (Å²) >= 11 is 1.08. The molecule has 0 saturated carbocycles. The van der Waals surface area contributed by atoms with Crippen molar-refractivity contribution < 1.29 is 36.2 Å². The predicted octanol–water partition coefficient (Wildman–Crippen LogP) is 5.40. The molecule has 0 atom stereocenters. The number of nitrogens with zero attached hydrogens (tertiary/aromatic N) is 1. The largest absolute Gasteiger partial charge is 0.489 e. The van der Waals surface area contributed by atoms with E-state index in [9.17, 15) is 26.7 Å². The molecule has 10 heteroatoms. The molecular formula is C20H14F5NO3S. The quantitative estimate of drug-likeness (QED) is 0.378. The molecule has 0 aliphatic heterocycles. The Balaban J connectivity index is 1.88. The van der Waals surface area contributed by atoms with E-state index in [1.54, 1.807) is 0 Å². The molecule has 0 unspecified atom stereocenters. The lowest BCUT2D eigenvalue weighted by Gasteiger charge is -2.14. The second-order valence-corrected chi connectivity index (χ2v) is 7.08. The molecule has 0 bridgehead atoms. The molecule has 2 aromatic carbocycles. The summed E-state index contributed by atoms with van der Waals surface area (Å²) in [4.78, 5) is 15.6. The average Bonchev–Trinajstić information content (AvgIpc) is 3.15. The van der Waals surface area contributed by atoms with Crippen molar-refractivity contribution in [3.63, 3.8) is 0 Å².